The van der Waals surface area contributed by atoms with E-state index >= 15 is 0 Å². The summed E-state index contributed by atoms with van der Waals surface area (Å²) in [5.74, 6) is 0. The van der Waals surface area contributed by atoms with Crippen LogP contribution in [0.25, 0.3) is 10.9 Å². The first-order valence-corrected chi connectivity index (χ1v) is 6.78. The fourth-order valence-electron chi connectivity index (χ4n) is 2.61. The lowest BCUT2D eigenvalue weighted by Gasteiger charge is -2.25. The maximum Gasteiger partial charge on any atom is 0.258 e. The van der Waals surface area contributed by atoms with Crippen molar-refractivity contribution in [3.8, 4) is 0 Å². The molecule has 20 heavy (non-hydrogen) atoms. The van der Waals surface area contributed by atoms with Crippen molar-refractivity contribution in [3.63, 3.8) is 0 Å². The number of nitrogen functional groups attached to an aromatic ring is 1. The normalized spacial score (nSPS) is 20.1. The van der Waals surface area contributed by atoms with Gasteiger partial charge in [-0.3, -0.25) is 4.79 Å². The molecule has 2 heterocycles. The number of anilines is 2. The van der Waals surface area contributed by atoms with Crippen molar-refractivity contribution in [2.45, 2.75) is 19.4 Å². The summed E-state index contributed by atoms with van der Waals surface area (Å²) in [6.45, 7) is 4.50. The van der Waals surface area contributed by atoms with Gasteiger partial charge in [0.25, 0.3) is 5.56 Å². The molecule has 0 saturated carbocycles. The van der Waals surface area contributed by atoms with E-state index in [1.54, 1.807) is 6.07 Å². The van der Waals surface area contributed by atoms with E-state index in [1.807, 2.05) is 6.07 Å². The third kappa shape index (κ3) is 2.34. The van der Waals surface area contributed by atoms with Crippen LogP contribution in [0.4, 0.5) is 11.4 Å². The van der Waals surface area contributed by atoms with Gasteiger partial charge in [-0.2, -0.15) is 0 Å². The van der Waals surface area contributed by atoms with Crippen molar-refractivity contribution in [1.82, 2.24) is 9.97 Å². The summed E-state index contributed by atoms with van der Waals surface area (Å²) in [4.78, 5) is 20.7. The number of nitrogens with two attached hydrogens (primary N) is 1. The topological polar surface area (TPSA) is 84.2 Å². The summed E-state index contributed by atoms with van der Waals surface area (Å²) in [7, 11) is 0. The van der Waals surface area contributed by atoms with Gasteiger partial charge in [-0.25, -0.2) is 4.98 Å². The average molecular weight is 274 g/mol. The second-order valence-electron chi connectivity index (χ2n) is 5.14. The Morgan fingerprint density at radius 3 is 3.20 bits per heavy atom. The van der Waals surface area contributed by atoms with Gasteiger partial charge in [0.15, 0.2) is 0 Å². The number of fused-ring (bicyclic) bond motifs is 1. The Morgan fingerprint density at radius 1 is 1.50 bits per heavy atom. The van der Waals surface area contributed by atoms with E-state index in [9.17, 15) is 4.79 Å². The average Bonchev–Trinajstić information content (AvgIpc) is 2.64. The second kappa shape index (κ2) is 5.13. The van der Waals surface area contributed by atoms with E-state index < -0.39 is 0 Å². The van der Waals surface area contributed by atoms with Crippen molar-refractivity contribution in [2.24, 2.45) is 0 Å². The van der Waals surface area contributed by atoms with Gasteiger partial charge in [0.05, 0.1) is 34.7 Å². The molecule has 1 unspecified atom stereocenters. The molecule has 1 aromatic carbocycles. The second-order valence-corrected chi connectivity index (χ2v) is 5.14. The van der Waals surface area contributed by atoms with Gasteiger partial charge in [0.1, 0.15) is 0 Å². The zero-order valence-corrected chi connectivity index (χ0v) is 11.4. The minimum atomic E-state index is -0.166. The maximum atomic E-state index is 11.7. The predicted molar refractivity (Wildman–Crippen MR) is 79.0 cm³/mol. The number of aromatic amines is 1. The molecule has 0 amide bonds. The summed E-state index contributed by atoms with van der Waals surface area (Å²) >= 11 is 0. The minimum Gasteiger partial charge on any atom is -0.397 e. The lowest BCUT2D eigenvalue weighted by Crippen LogP contribution is -2.30. The van der Waals surface area contributed by atoms with Crippen LogP contribution in [0, 0.1) is 0 Å². The van der Waals surface area contributed by atoms with Gasteiger partial charge < -0.3 is 20.4 Å². The largest absolute Gasteiger partial charge is 0.397 e. The van der Waals surface area contributed by atoms with E-state index in [2.05, 4.69) is 21.8 Å². The quantitative estimate of drug-likeness (QED) is 0.761. The smallest absolute Gasteiger partial charge is 0.258 e. The lowest BCUT2D eigenvalue weighted by atomic mass is 10.1. The van der Waals surface area contributed by atoms with Crippen molar-refractivity contribution < 1.29 is 4.74 Å². The molecule has 0 bridgehead atoms. The van der Waals surface area contributed by atoms with Gasteiger partial charge in [0, 0.05) is 19.7 Å². The monoisotopic (exact) mass is 274 g/mol. The fourth-order valence-corrected chi connectivity index (χ4v) is 2.61. The summed E-state index contributed by atoms with van der Waals surface area (Å²) in [5.41, 5.74) is 8.14. The van der Waals surface area contributed by atoms with E-state index in [0.29, 0.717) is 16.6 Å². The molecule has 1 aliphatic heterocycles. The molecule has 1 atom stereocenters. The molecule has 1 fully saturated rings. The highest BCUT2D eigenvalue weighted by atomic mass is 16.5. The maximum absolute atomic E-state index is 11.7. The van der Waals surface area contributed by atoms with Crippen LogP contribution in [0.5, 0.6) is 0 Å². The third-order valence-electron chi connectivity index (χ3n) is 3.58. The van der Waals surface area contributed by atoms with Crippen LogP contribution in [0.1, 0.15) is 13.3 Å². The number of hydrogen-bond acceptors (Lipinski definition) is 5. The van der Waals surface area contributed by atoms with Crippen LogP contribution in [0.15, 0.2) is 23.3 Å². The molecule has 6 heteroatoms. The van der Waals surface area contributed by atoms with Crippen molar-refractivity contribution in [2.75, 3.05) is 30.3 Å². The molecule has 3 rings (SSSR count). The van der Waals surface area contributed by atoms with Gasteiger partial charge in [-0.1, -0.05) is 0 Å². The number of nitrogens with one attached hydrogen (secondary N) is 1. The van der Waals surface area contributed by atoms with Crippen molar-refractivity contribution >= 4 is 22.3 Å². The SMILES string of the molecule is CC1CN(c2cc3nc[nH]c(=O)c3cc2N)CCCO1. The predicted octanol–water partition coefficient (Wildman–Crippen LogP) is 1.12. The van der Waals surface area contributed by atoms with Gasteiger partial charge in [0.2, 0.25) is 0 Å². The molecule has 106 valence electrons. The first kappa shape index (κ1) is 12.9. The van der Waals surface area contributed by atoms with Crippen LogP contribution in [0.3, 0.4) is 0 Å². The van der Waals surface area contributed by atoms with E-state index in [0.717, 1.165) is 31.8 Å². The first-order chi connectivity index (χ1) is 9.65. The molecular weight excluding hydrogens is 256 g/mol. The van der Waals surface area contributed by atoms with E-state index in [-0.39, 0.29) is 11.7 Å². The van der Waals surface area contributed by atoms with Crippen molar-refractivity contribution in [1.29, 1.82) is 0 Å². The Labute approximate surface area is 116 Å². The standard InChI is InChI=1S/C14H18N4O2/c1-9-7-18(3-2-4-20-9)13-6-12-10(5-11(13)15)14(19)17-8-16-12/h5-6,8-9H,2-4,7,15H2,1H3,(H,16,17,19). The molecule has 2 aromatic rings. The van der Waals surface area contributed by atoms with Crippen LogP contribution in [-0.2, 0) is 4.74 Å². The number of hydrogen-bond donors (Lipinski definition) is 2. The Kier molecular flexibility index (Phi) is 3.31. The number of nitrogens with zero attached hydrogens (tertiary/aromatic N) is 2. The molecule has 3 N–H and O–H groups in total. The number of H-pyrrole nitrogens is 1. The summed E-state index contributed by atoms with van der Waals surface area (Å²) < 4.78 is 5.65. The molecule has 1 aliphatic rings. The minimum absolute atomic E-state index is 0.166. The van der Waals surface area contributed by atoms with Gasteiger partial charge >= 0.3 is 0 Å². The molecule has 1 aromatic heterocycles. The molecule has 0 radical (unpaired) electrons. The van der Waals surface area contributed by atoms with Gasteiger partial charge in [-0.15, -0.1) is 0 Å². The highest BCUT2D eigenvalue weighted by Gasteiger charge is 2.18. The number of rotatable bonds is 1. The van der Waals surface area contributed by atoms with Crippen LogP contribution < -0.4 is 16.2 Å². The number of ether oxygens (including phenoxy) is 1. The van der Waals surface area contributed by atoms with Crippen LogP contribution >= 0.6 is 0 Å². The Hall–Kier alpha value is -2.08. The summed E-state index contributed by atoms with van der Waals surface area (Å²) in [6.07, 6.45) is 2.54. The van der Waals surface area contributed by atoms with Crippen molar-refractivity contribution in [3.05, 3.63) is 28.8 Å². The van der Waals surface area contributed by atoms with E-state index in [1.165, 1.54) is 6.33 Å². The summed E-state index contributed by atoms with van der Waals surface area (Å²) in [6, 6.07) is 3.59. The highest BCUT2D eigenvalue weighted by Crippen LogP contribution is 2.28. The van der Waals surface area contributed by atoms with Crippen LogP contribution in [0.2, 0.25) is 0 Å². The Morgan fingerprint density at radius 2 is 2.35 bits per heavy atom. The number of aromatic nitrogens is 2. The third-order valence-corrected chi connectivity index (χ3v) is 3.58. The molecule has 1 saturated heterocycles. The fraction of sp³-hybridized carbons (Fsp3) is 0.429. The molecule has 0 aliphatic carbocycles. The molecular formula is C14H18N4O2. The first-order valence-electron chi connectivity index (χ1n) is 6.78. The summed E-state index contributed by atoms with van der Waals surface area (Å²) in [5, 5.41) is 0.521. The molecule has 6 nitrogen and oxygen atoms in total. The lowest BCUT2D eigenvalue weighted by molar-refractivity contribution is 0.0821. The number of benzene rings is 1. The van der Waals surface area contributed by atoms with E-state index in [4.69, 9.17) is 10.5 Å². The molecule has 0 spiro atoms. The zero-order valence-electron chi connectivity index (χ0n) is 11.4. The zero-order chi connectivity index (χ0) is 14.1. The van der Waals surface area contributed by atoms with Crippen LogP contribution in [-0.4, -0.2) is 35.8 Å². The highest BCUT2D eigenvalue weighted by molar-refractivity contribution is 5.88. The Bertz CT molecular complexity index is 682. The van der Waals surface area contributed by atoms with Gasteiger partial charge in [-0.05, 0) is 25.5 Å². The Balaban J connectivity index is 2.06.